The lowest BCUT2D eigenvalue weighted by Crippen LogP contribution is -2.35. The van der Waals surface area contributed by atoms with Crippen LogP contribution in [0.15, 0.2) is 52.6 Å². The van der Waals surface area contributed by atoms with Crippen LogP contribution in [0.2, 0.25) is 5.02 Å². The molecule has 2 N–H and O–H groups in total. The molecule has 0 bridgehead atoms. The molecule has 2 fully saturated rings. The summed E-state index contributed by atoms with van der Waals surface area (Å²) in [4.78, 5) is 27.3. The monoisotopic (exact) mass is 467 g/mol. The van der Waals surface area contributed by atoms with Crippen LogP contribution in [0.5, 0.6) is 5.75 Å². The lowest BCUT2D eigenvalue weighted by atomic mass is 10.1. The van der Waals surface area contributed by atoms with E-state index < -0.39 is 0 Å². The number of thioether (sulfide) groups is 1. The van der Waals surface area contributed by atoms with Gasteiger partial charge in [0.25, 0.3) is 5.91 Å². The van der Waals surface area contributed by atoms with E-state index in [0.29, 0.717) is 20.8 Å². The highest BCUT2D eigenvalue weighted by Gasteiger charge is 2.25. The summed E-state index contributed by atoms with van der Waals surface area (Å²) >= 11 is 7.74. The number of likely N-dealkylation sites (tertiary alicyclic amines) is 1. The van der Waals surface area contributed by atoms with Gasteiger partial charge in [-0.15, -0.1) is 0 Å². The molecule has 2 aliphatic rings. The number of fused-ring (bicyclic) bond motifs is 1. The predicted molar refractivity (Wildman–Crippen MR) is 129 cm³/mol. The first-order chi connectivity index (χ1) is 15.5. The zero-order chi connectivity index (χ0) is 22.1. The molecular formula is C23H22ClN5O2S. The summed E-state index contributed by atoms with van der Waals surface area (Å²) in [5, 5.41) is 4.75. The molecule has 4 heterocycles. The summed E-state index contributed by atoms with van der Waals surface area (Å²) in [7, 11) is 2.12. The molecule has 1 amide bonds. The van der Waals surface area contributed by atoms with Crippen LogP contribution < -0.4 is 10.1 Å². The van der Waals surface area contributed by atoms with Crippen molar-refractivity contribution in [2.75, 3.05) is 20.1 Å². The maximum Gasteiger partial charge on any atom is 0.264 e. The number of nitrogens with one attached hydrogen (secondary N) is 2. The molecule has 1 aromatic carbocycles. The second kappa shape index (κ2) is 8.97. The Kier molecular flexibility index (Phi) is 5.91. The van der Waals surface area contributed by atoms with Crippen molar-refractivity contribution in [1.29, 1.82) is 0 Å². The summed E-state index contributed by atoms with van der Waals surface area (Å²) < 4.78 is 6.09. The molecule has 2 aliphatic heterocycles. The van der Waals surface area contributed by atoms with Crippen molar-refractivity contribution in [2.45, 2.75) is 18.9 Å². The molecule has 0 atom stereocenters. The highest BCUT2D eigenvalue weighted by molar-refractivity contribution is 8.18. The van der Waals surface area contributed by atoms with Crippen molar-refractivity contribution < 1.29 is 9.53 Å². The van der Waals surface area contributed by atoms with E-state index in [1.54, 1.807) is 12.3 Å². The van der Waals surface area contributed by atoms with Gasteiger partial charge in [-0.3, -0.25) is 4.79 Å². The number of rotatable bonds is 4. The standard InChI is InChI=1S/C23H22ClN5O2S/c1-29-9-6-15(7-10-29)31-16-4-5-19(18(24)12-16)27-23-28-22(30)20(32-23)11-14-13-26-21-17(14)3-2-8-25-21/h2-5,8,11-13,15H,6-7,9-10H2,1H3,(H,25,26)(H,27,28,30)/b20-11-. The van der Waals surface area contributed by atoms with Gasteiger partial charge in [-0.25, -0.2) is 9.98 Å². The second-order valence-corrected chi connectivity index (χ2v) is 9.30. The molecule has 7 nitrogen and oxygen atoms in total. The average molecular weight is 468 g/mol. The highest BCUT2D eigenvalue weighted by atomic mass is 35.5. The van der Waals surface area contributed by atoms with Gasteiger partial charge in [0, 0.05) is 42.5 Å². The molecule has 164 valence electrons. The molecule has 0 spiro atoms. The van der Waals surface area contributed by atoms with E-state index in [0.717, 1.165) is 48.3 Å². The minimum atomic E-state index is -0.190. The van der Waals surface area contributed by atoms with Crippen LogP contribution in [0.4, 0.5) is 5.69 Å². The Morgan fingerprint density at radius 3 is 2.97 bits per heavy atom. The van der Waals surface area contributed by atoms with Crippen molar-refractivity contribution in [2.24, 2.45) is 4.99 Å². The molecule has 0 aliphatic carbocycles. The number of pyridine rings is 1. The van der Waals surface area contributed by atoms with E-state index in [-0.39, 0.29) is 12.0 Å². The molecule has 0 radical (unpaired) electrons. The van der Waals surface area contributed by atoms with Crippen LogP contribution in [0, 0.1) is 0 Å². The normalized spacial score (nSPS) is 20.4. The fourth-order valence-electron chi connectivity index (χ4n) is 3.77. The predicted octanol–water partition coefficient (Wildman–Crippen LogP) is 4.58. The average Bonchev–Trinajstić information content (AvgIpc) is 3.35. The fourth-order valence-corrected chi connectivity index (χ4v) is 4.81. The van der Waals surface area contributed by atoms with Crippen molar-refractivity contribution in [3.8, 4) is 5.75 Å². The zero-order valence-electron chi connectivity index (χ0n) is 17.5. The number of hydrogen-bond acceptors (Lipinski definition) is 6. The van der Waals surface area contributed by atoms with E-state index in [9.17, 15) is 4.79 Å². The molecule has 5 rings (SSSR count). The quantitative estimate of drug-likeness (QED) is 0.549. The molecular weight excluding hydrogens is 446 g/mol. The van der Waals surface area contributed by atoms with Crippen LogP contribution in [0.1, 0.15) is 18.4 Å². The number of nitrogens with zero attached hydrogens (tertiary/aromatic N) is 3. The number of hydrogen-bond donors (Lipinski definition) is 2. The maximum atomic E-state index is 12.5. The third kappa shape index (κ3) is 4.53. The van der Waals surface area contributed by atoms with Gasteiger partial charge in [0.15, 0.2) is 5.17 Å². The van der Waals surface area contributed by atoms with Crippen molar-refractivity contribution in [1.82, 2.24) is 20.2 Å². The van der Waals surface area contributed by atoms with Crippen molar-refractivity contribution in [3.05, 3.63) is 58.2 Å². The van der Waals surface area contributed by atoms with Gasteiger partial charge in [-0.1, -0.05) is 11.6 Å². The van der Waals surface area contributed by atoms with Gasteiger partial charge in [-0.05, 0) is 62.0 Å². The third-order valence-electron chi connectivity index (χ3n) is 5.53. The van der Waals surface area contributed by atoms with Crippen LogP contribution in [-0.4, -0.2) is 52.2 Å². The summed E-state index contributed by atoms with van der Waals surface area (Å²) in [6.45, 7) is 2.07. The van der Waals surface area contributed by atoms with Crippen LogP contribution in [0.25, 0.3) is 17.1 Å². The molecule has 0 saturated carbocycles. The van der Waals surface area contributed by atoms with Crippen molar-refractivity contribution in [3.63, 3.8) is 0 Å². The summed E-state index contributed by atoms with van der Waals surface area (Å²) in [6, 6.07) is 9.32. The van der Waals surface area contributed by atoms with Gasteiger partial charge < -0.3 is 19.9 Å². The summed E-state index contributed by atoms with van der Waals surface area (Å²) in [6.07, 6.45) is 7.61. The Morgan fingerprint density at radius 2 is 2.16 bits per heavy atom. The van der Waals surface area contributed by atoms with Gasteiger partial charge in [0.2, 0.25) is 0 Å². The lowest BCUT2D eigenvalue weighted by molar-refractivity contribution is -0.115. The number of amides is 1. The molecule has 2 saturated heterocycles. The molecule has 3 aromatic rings. The lowest BCUT2D eigenvalue weighted by Gasteiger charge is -2.29. The zero-order valence-corrected chi connectivity index (χ0v) is 19.0. The number of halogens is 1. The first-order valence-corrected chi connectivity index (χ1v) is 11.6. The number of piperidine rings is 1. The molecule has 32 heavy (non-hydrogen) atoms. The second-order valence-electron chi connectivity index (χ2n) is 7.86. The SMILES string of the molecule is CN1CCC(Oc2ccc(/N=C3/NC(=O)/C(=C/c4c[nH]c5ncccc45)S3)c(Cl)c2)CC1. The fraction of sp³-hybridized carbons (Fsp3) is 0.261. The molecule has 2 aromatic heterocycles. The topological polar surface area (TPSA) is 82.6 Å². The van der Waals surface area contributed by atoms with Crippen molar-refractivity contribution >= 4 is 57.2 Å². The Bertz CT molecular complexity index is 1230. The van der Waals surface area contributed by atoms with Crippen LogP contribution in [0.3, 0.4) is 0 Å². The number of aliphatic imine (C=N–C) groups is 1. The summed E-state index contributed by atoms with van der Waals surface area (Å²) in [5.74, 6) is 0.551. The number of carbonyl (C=O) groups excluding carboxylic acids is 1. The first-order valence-electron chi connectivity index (χ1n) is 10.4. The number of H-pyrrole nitrogens is 1. The third-order valence-corrected chi connectivity index (χ3v) is 6.74. The van der Waals surface area contributed by atoms with Gasteiger partial charge >= 0.3 is 0 Å². The van der Waals surface area contributed by atoms with E-state index in [4.69, 9.17) is 16.3 Å². The van der Waals surface area contributed by atoms with E-state index >= 15 is 0 Å². The Morgan fingerprint density at radius 1 is 1.31 bits per heavy atom. The first kappa shape index (κ1) is 21.1. The smallest absolute Gasteiger partial charge is 0.264 e. The maximum absolute atomic E-state index is 12.5. The number of amidine groups is 1. The molecule has 9 heteroatoms. The Balaban J connectivity index is 1.30. The number of ether oxygens (including phenoxy) is 1. The number of carbonyl (C=O) groups is 1. The van der Waals surface area contributed by atoms with E-state index in [1.807, 2.05) is 36.5 Å². The highest BCUT2D eigenvalue weighted by Crippen LogP contribution is 2.34. The van der Waals surface area contributed by atoms with E-state index in [1.165, 1.54) is 11.8 Å². The van der Waals surface area contributed by atoms with Gasteiger partial charge in [-0.2, -0.15) is 0 Å². The summed E-state index contributed by atoms with van der Waals surface area (Å²) in [5.41, 5.74) is 2.27. The Labute approximate surface area is 194 Å². The number of benzene rings is 1. The van der Waals surface area contributed by atoms with Gasteiger partial charge in [0.05, 0.1) is 15.6 Å². The van der Waals surface area contributed by atoms with Crippen LogP contribution in [-0.2, 0) is 4.79 Å². The van der Waals surface area contributed by atoms with E-state index in [2.05, 4.69) is 32.2 Å². The number of aromatic amines is 1. The minimum absolute atomic E-state index is 0.190. The Hall–Kier alpha value is -2.81. The minimum Gasteiger partial charge on any atom is -0.490 e. The number of aromatic nitrogens is 2. The largest absolute Gasteiger partial charge is 0.490 e. The van der Waals surface area contributed by atoms with Crippen LogP contribution >= 0.6 is 23.4 Å². The van der Waals surface area contributed by atoms with Gasteiger partial charge in [0.1, 0.15) is 17.5 Å². The molecule has 0 unspecified atom stereocenters.